The van der Waals surface area contributed by atoms with E-state index in [0.29, 0.717) is 18.0 Å². The molecule has 122 valence electrons. The molecule has 0 radical (unpaired) electrons. The number of aromatic amines is 1. The molecule has 0 unspecified atom stereocenters. The summed E-state index contributed by atoms with van der Waals surface area (Å²) in [4.78, 5) is 27.5. The highest BCUT2D eigenvalue weighted by molar-refractivity contribution is 5.93. The van der Waals surface area contributed by atoms with Crippen molar-refractivity contribution in [2.24, 2.45) is 0 Å². The van der Waals surface area contributed by atoms with Crippen LogP contribution >= 0.6 is 0 Å². The maximum absolute atomic E-state index is 12.9. The monoisotopic (exact) mass is 323 g/mol. The zero-order chi connectivity index (χ0) is 16.7. The second-order valence-corrected chi connectivity index (χ2v) is 5.98. The largest absolute Gasteiger partial charge is 0.446 e. The molecule has 4 rings (SSSR count). The van der Waals surface area contributed by atoms with Gasteiger partial charge in [0, 0.05) is 26.3 Å². The lowest BCUT2D eigenvalue weighted by molar-refractivity contribution is 0.0698. The van der Waals surface area contributed by atoms with Gasteiger partial charge in [0.1, 0.15) is 11.7 Å². The molecule has 1 aromatic carbocycles. The number of nitrogens with one attached hydrogen (secondary N) is 1. The number of carbonyl (C=O) groups is 1. The highest BCUT2D eigenvalue weighted by Gasteiger charge is 2.37. The first-order chi connectivity index (χ1) is 11.6. The number of amides is 1. The number of hydrogen-bond donors (Lipinski definition) is 1. The van der Waals surface area contributed by atoms with Crippen molar-refractivity contribution in [1.82, 2.24) is 19.9 Å². The number of fused-ring (bicyclic) bond motifs is 1. The van der Waals surface area contributed by atoms with Gasteiger partial charge >= 0.3 is 0 Å². The summed E-state index contributed by atoms with van der Waals surface area (Å²) in [5, 5.41) is 0. The average molecular weight is 323 g/mol. The quantitative estimate of drug-likeness (QED) is 0.799. The van der Waals surface area contributed by atoms with Crippen LogP contribution in [0.4, 0.5) is 5.69 Å². The first-order valence-corrected chi connectivity index (χ1v) is 7.63. The van der Waals surface area contributed by atoms with Crippen LogP contribution in [0, 0.1) is 0 Å². The summed E-state index contributed by atoms with van der Waals surface area (Å²) in [6.45, 7) is 0.514. The van der Waals surface area contributed by atoms with Crippen LogP contribution in [0.2, 0.25) is 0 Å². The van der Waals surface area contributed by atoms with E-state index >= 15 is 0 Å². The Hall–Kier alpha value is -3.09. The Bertz CT molecular complexity index is 855. The van der Waals surface area contributed by atoms with Gasteiger partial charge in [0.2, 0.25) is 0 Å². The Morgan fingerprint density at radius 2 is 2.21 bits per heavy atom. The number of oxazole rings is 1. The Balaban J connectivity index is 1.78. The summed E-state index contributed by atoms with van der Waals surface area (Å²) in [7, 11) is 4.00. The summed E-state index contributed by atoms with van der Waals surface area (Å²) >= 11 is 0. The number of H-pyrrole nitrogens is 1. The average Bonchev–Trinajstić information content (AvgIpc) is 3.31. The molecule has 0 saturated heterocycles. The molecule has 1 aliphatic rings. The van der Waals surface area contributed by atoms with Crippen LogP contribution in [0.3, 0.4) is 0 Å². The van der Waals surface area contributed by atoms with Crippen molar-refractivity contribution in [1.29, 1.82) is 0 Å². The lowest BCUT2D eigenvalue weighted by Crippen LogP contribution is -2.30. The summed E-state index contributed by atoms with van der Waals surface area (Å²) < 4.78 is 5.51. The van der Waals surface area contributed by atoms with Gasteiger partial charge in [-0.2, -0.15) is 0 Å². The maximum atomic E-state index is 12.9. The minimum absolute atomic E-state index is 0.114. The normalized spacial score (nSPS) is 16.2. The van der Waals surface area contributed by atoms with E-state index in [4.69, 9.17) is 4.42 Å². The Morgan fingerprint density at radius 3 is 2.88 bits per heavy atom. The number of anilines is 1. The number of aromatic nitrogens is 3. The first kappa shape index (κ1) is 14.5. The second kappa shape index (κ2) is 5.52. The highest BCUT2D eigenvalue weighted by atomic mass is 16.3. The van der Waals surface area contributed by atoms with Gasteiger partial charge in [0.25, 0.3) is 5.91 Å². The van der Waals surface area contributed by atoms with Crippen LogP contribution in [-0.2, 0) is 6.54 Å². The molecular weight excluding hydrogens is 306 g/mol. The van der Waals surface area contributed by atoms with E-state index in [-0.39, 0.29) is 11.9 Å². The van der Waals surface area contributed by atoms with Gasteiger partial charge in [-0.1, -0.05) is 6.07 Å². The summed E-state index contributed by atoms with van der Waals surface area (Å²) in [5.74, 6) is 0.538. The van der Waals surface area contributed by atoms with Gasteiger partial charge in [0.15, 0.2) is 12.2 Å². The van der Waals surface area contributed by atoms with Gasteiger partial charge in [-0.05, 0) is 23.3 Å². The third-order valence-electron chi connectivity index (χ3n) is 4.30. The van der Waals surface area contributed by atoms with Gasteiger partial charge in [-0.3, -0.25) is 4.79 Å². The Morgan fingerprint density at radius 1 is 1.33 bits per heavy atom. The number of hydrogen-bond acceptors (Lipinski definition) is 5. The lowest BCUT2D eigenvalue weighted by atomic mass is 10.0. The molecule has 2 aromatic heterocycles. The van der Waals surface area contributed by atoms with E-state index in [9.17, 15) is 4.79 Å². The molecule has 0 saturated carbocycles. The van der Waals surface area contributed by atoms with Crippen LogP contribution in [0.25, 0.3) is 0 Å². The maximum Gasteiger partial charge on any atom is 0.273 e. The molecule has 24 heavy (non-hydrogen) atoms. The van der Waals surface area contributed by atoms with Gasteiger partial charge in [0.05, 0.1) is 18.7 Å². The molecule has 1 amide bonds. The van der Waals surface area contributed by atoms with E-state index in [1.165, 1.54) is 18.9 Å². The predicted molar refractivity (Wildman–Crippen MR) is 87.6 cm³/mol. The second-order valence-electron chi connectivity index (χ2n) is 5.98. The van der Waals surface area contributed by atoms with Crippen LogP contribution in [0.5, 0.6) is 0 Å². The van der Waals surface area contributed by atoms with Crippen LogP contribution < -0.4 is 4.90 Å². The minimum atomic E-state index is -0.283. The number of imidazole rings is 1. The lowest BCUT2D eigenvalue weighted by Gasteiger charge is -2.22. The zero-order valence-corrected chi connectivity index (χ0v) is 13.4. The molecule has 1 atom stereocenters. The SMILES string of the molecule is CN(C)c1ccc2c(c1)CN(C(=O)c1cnc[nH]1)[C@H]2c1cnco1. The van der Waals surface area contributed by atoms with Gasteiger partial charge in [-0.25, -0.2) is 9.97 Å². The molecule has 1 N–H and O–H groups in total. The third-order valence-corrected chi connectivity index (χ3v) is 4.30. The Labute approximate surface area is 138 Å². The van der Waals surface area contributed by atoms with Crippen molar-refractivity contribution in [3.8, 4) is 0 Å². The van der Waals surface area contributed by atoms with Crippen molar-refractivity contribution in [3.05, 3.63) is 65.9 Å². The van der Waals surface area contributed by atoms with E-state index in [1.807, 2.05) is 25.1 Å². The van der Waals surface area contributed by atoms with Crippen molar-refractivity contribution in [3.63, 3.8) is 0 Å². The fraction of sp³-hybridized carbons (Fsp3) is 0.235. The van der Waals surface area contributed by atoms with Crippen molar-refractivity contribution in [2.75, 3.05) is 19.0 Å². The molecule has 0 aliphatic carbocycles. The first-order valence-electron chi connectivity index (χ1n) is 7.63. The fourth-order valence-electron chi connectivity index (χ4n) is 3.10. The molecule has 1 aliphatic heterocycles. The van der Waals surface area contributed by atoms with E-state index in [0.717, 1.165) is 16.8 Å². The zero-order valence-electron chi connectivity index (χ0n) is 13.4. The van der Waals surface area contributed by atoms with E-state index in [1.54, 1.807) is 11.1 Å². The molecule has 7 nitrogen and oxygen atoms in total. The van der Waals surface area contributed by atoms with E-state index < -0.39 is 0 Å². The summed E-state index contributed by atoms with van der Waals surface area (Å²) in [6, 6.07) is 5.93. The van der Waals surface area contributed by atoms with Crippen LogP contribution in [0.15, 0.2) is 47.7 Å². The predicted octanol–water partition coefficient (Wildman–Crippen LogP) is 2.21. The van der Waals surface area contributed by atoms with Crippen molar-refractivity contribution in [2.45, 2.75) is 12.6 Å². The Kier molecular flexibility index (Phi) is 3.34. The number of nitrogens with zero attached hydrogens (tertiary/aromatic N) is 4. The van der Waals surface area contributed by atoms with Gasteiger partial charge in [-0.15, -0.1) is 0 Å². The van der Waals surface area contributed by atoms with Crippen molar-refractivity contribution >= 4 is 11.6 Å². The molecular formula is C17H17N5O2. The molecule has 3 aromatic rings. The fourth-order valence-corrected chi connectivity index (χ4v) is 3.10. The van der Waals surface area contributed by atoms with Crippen LogP contribution in [-0.4, -0.2) is 39.9 Å². The van der Waals surface area contributed by atoms with Crippen molar-refractivity contribution < 1.29 is 9.21 Å². The summed E-state index contributed by atoms with van der Waals surface area (Å²) in [6.07, 6.45) is 6.09. The molecule has 3 heterocycles. The number of benzene rings is 1. The minimum Gasteiger partial charge on any atom is -0.446 e. The smallest absolute Gasteiger partial charge is 0.273 e. The van der Waals surface area contributed by atoms with Gasteiger partial charge < -0.3 is 19.2 Å². The number of carbonyl (C=O) groups excluding carboxylic acids is 1. The highest BCUT2D eigenvalue weighted by Crippen LogP contribution is 2.40. The molecule has 0 bridgehead atoms. The molecule has 0 fully saturated rings. The third kappa shape index (κ3) is 2.25. The standard InChI is InChI=1S/C17H17N5O2/c1-21(2)12-3-4-13-11(5-12)8-22(16(13)15-7-19-10-24-15)17(23)14-6-18-9-20-14/h3-7,9-10,16H,8H2,1-2H3,(H,18,20)/t16-/m1/s1. The molecule has 0 spiro atoms. The number of rotatable bonds is 3. The topological polar surface area (TPSA) is 78.3 Å². The summed E-state index contributed by atoms with van der Waals surface area (Å²) in [5.41, 5.74) is 3.72. The van der Waals surface area contributed by atoms with Crippen LogP contribution in [0.1, 0.15) is 33.4 Å². The van der Waals surface area contributed by atoms with E-state index in [2.05, 4.69) is 27.1 Å². The molecule has 7 heteroatoms.